The lowest BCUT2D eigenvalue weighted by molar-refractivity contribution is -0.133. The topological polar surface area (TPSA) is 29.1 Å². The van der Waals surface area contributed by atoms with Crippen molar-refractivity contribution >= 4 is 5.78 Å². The Morgan fingerprint density at radius 1 is 1.06 bits per heavy atom. The first-order valence-electron chi connectivity index (χ1n) is 6.31. The molecule has 0 aromatic heterocycles. The largest absolute Gasteiger partial charge is 0.303 e. The summed E-state index contributed by atoms with van der Waals surface area (Å²) in [5.41, 5.74) is -0.688. The molecule has 2 nitrogen and oxygen atoms in total. The number of nitrogens with one attached hydrogen (secondary N) is 1. The Balaban J connectivity index is 4.99. The van der Waals surface area contributed by atoms with Gasteiger partial charge in [-0.3, -0.25) is 4.79 Å². The molecule has 0 aliphatic heterocycles. The maximum atomic E-state index is 12.5. The van der Waals surface area contributed by atoms with E-state index in [-0.39, 0.29) is 5.41 Å². The van der Waals surface area contributed by atoms with E-state index in [1.54, 1.807) is 0 Å². The summed E-state index contributed by atoms with van der Waals surface area (Å²) in [6, 6.07) is 0.329. The molecular formula is C14H29NO. The van der Waals surface area contributed by atoms with Crippen LogP contribution in [-0.2, 0) is 4.79 Å². The van der Waals surface area contributed by atoms with Crippen LogP contribution < -0.4 is 5.32 Å². The molecule has 96 valence electrons. The second-order valence-corrected chi connectivity index (χ2v) is 6.81. The van der Waals surface area contributed by atoms with Crippen LogP contribution in [0.25, 0.3) is 0 Å². The quantitative estimate of drug-likeness (QED) is 0.780. The predicted octanol–water partition coefficient (Wildman–Crippen LogP) is 3.40. The van der Waals surface area contributed by atoms with Crippen LogP contribution in [0.15, 0.2) is 0 Å². The first-order chi connectivity index (χ1) is 6.99. The van der Waals surface area contributed by atoms with Gasteiger partial charge in [-0.25, -0.2) is 0 Å². The van der Waals surface area contributed by atoms with Gasteiger partial charge in [0.2, 0.25) is 0 Å². The van der Waals surface area contributed by atoms with Crippen LogP contribution in [0.4, 0.5) is 0 Å². The Morgan fingerprint density at radius 3 is 1.75 bits per heavy atom. The van der Waals surface area contributed by atoms with Crippen LogP contribution in [0.1, 0.15) is 61.8 Å². The van der Waals surface area contributed by atoms with Gasteiger partial charge in [0.1, 0.15) is 0 Å². The van der Waals surface area contributed by atoms with Crippen molar-refractivity contribution in [3.63, 3.8) is 0 Å². The number of Topliss-reactive ketones (excluding diaryl/α,β-unsaturated/α-hetero) is 1. The van der Waals surface area contributed by atoms with Gasteiger partial charge in [0.15, 0.2) is 5.78 Å². The van der Waals surface area contributed by atoms with Crippen LogP contribution in [0.5, 0.6) is 0 Å². The second-order valence-electron chi connectivity index (χ2n) is 6.81. The minimum Gasteiger partial charge on any atom is -0.303 e. The first kappa shape index (κ1) is 15.6. The molecule has 0 rings (SSSR count). The molecule has 0 aromatic carbocycles. The number of hydrogen-bond donors (Lipinski definition) is 1. The molecule has 1 N–H and O–H groups in total. The zero-order chi connectivity index (χ0) is 13.1. The maximum Gasteiger partial charge on any atom is 0.157 e. The van der Waals surface area contributed by atoms with Gasteiger partial charge in [0.05, 0.1) is 5.54 Å². The summed E-state index contributed by atoms with van der Waals surface area (Å²) in [5, 5.41) is 3.44. The third-order valence-corrected chi connectivity index (χ3v) is 2.61. The molecule has 0 aromatic rings. The van der Waals surface area contributed by atoms with E-state index in [0.29, 0.717) is 17.7 Å². The normalized spacial score (nSPS) is 16.6. The Morgan fingerprint density at radius 2 is 1.50 bits per heavy atom. The maximum absolute atomic E-state index is 12.5. The van der Waals surface area contributed by atoms with Gasteiger partial charge < -0.3 is 5.32 Å². The van der Waals surface area contributed by atoms with Crippen molar-refractivity contribution in [2.75, 3.05) is 0 Å². The third kappa shape index (κ3) is 4.65. The van der Waals surface area contributed by atoms with Gasteiger partial charge in [-0.1, -0.05) is 34.6 Å². The van der Waals surface area contributed by atoms with E-state index in [9.17, 15) is 4.79 Å². The summed E-state index contributed by atoms with van der Waals surface area (Å²) in [6.45, 7) is 16.5. The standard InChI is InChI=1S/C14H29NO/c1-10(2)9-14(8,15-11(3)4)12(16)13(5,6)7/h10-11,15H,9H2,1-8H3/t14-/m0/s1. The van der Waals surface area contributed by atoms with E-state index in [1.807, 2.05) is 27.7 Å². The van der Waals surface area contributed by atoms with Gasteiger partial charge in [0, 0.05) is 11.5 Å². The Hall–Kier alpha value is -0.370. The number of carbonyl (C=O) groups excluding carboxylic acids is 1. The average Bonchev–Trinajstić information content (AvgIpc) is 1.97. The number of carbonyl (C=O) groups is 1. The van der Waals surface area contributed by atoms with Crippen LogP contribution in [0, 0.1) is 11.3 Å². The van der Waals surface area contributed by atoms with Gasteiger partial charge in [-0.15, -0.1) is 0 Å². The fourth-order valence-electron chi connectivity index (χ4n) is 2.50. The third-order valence-electron chi connectivity index (χ3n) is 2.61. The highest BCUT2D eigenvalue weighted by atomic mass is 16.1. The lowest BCUT2D eigenvalue weighted by atomic mass is 9.75. The second kappa shape index (κ2) is 5.31. The molecule has 0 amide bonds. The molecule has 0 fully saturated rings. The summed E-state index contributed by atoms with van der Waals surface area (Å²) in [5.74, 6) is 0.824. The lowest BCUT2D eigenvalue weighted by Gasteiger charge is -2.37. The lowest BCUT2D eigenvalue weighted by Crippen LogP contribution is -2.56. The summed E-state index contributed by atoms with van der Waals surface area (Å²) < 4.78 is 0. The molecule has 1 atom stereocenters. The van der Waals surface area contributed by atoms with Crippen molar-refractivity contribution in [1.29, 1.82) is 0 Å². The van der Waals surface area contributed by atoms with Crippen LogP contribution in [0.3, 0.4) is 0 Å². The molecule has 0 aliphatic rings. The van der Waals surface area contributed by atoms with Crippen molar-refractivity contribution < 1.29 is 4.79 Å². The number of ketones is 1. The van der Waals surface area contributed by atoms with Gasteiger partial charge in [-0.2, -0.15) is 0 Å². The van der Waals surface area contributed by atoms with Crippen LogP contribution in [0.2, 0.25) is 0 Å². The smallest absolute Gasteiger partial charge is 0.157 e. The molecule has 0 unspecified atom stereocenters. The van der Waals surface area contributed by atoms with E-state index in [2.05, 4.69) is 33.0 Å². The molecule has 0 heterocycles. The molecule has 0 saturated heterocycles. The summed E-state index contributed by atoms with van der Waals surface area (Å²) in [6.07, 6.45) is 0.890. The summed E-state index contributed by atoms with van der Waals surface area (Å²) in [4.78, 5) is 12.5. The minimum atomic E-state index is -0.402. The fourth-order valence-corrected chi connectivity index (χ4v) is 2.50. The highest BCUT2D eigenvalue weighted by Gasteiger charge is 2.40. The van der Waals surface area contributed by atoms with E-state index >= 15 is 0 Å². The Labute approximate surface area is 101 Å². The minimum absolute atomic E-state index is 0.286. The summed E-state index contributed by atoms with van der Waals surface area (Å²) >= 11 is 0. The zero-order valence-electron chi connectivity index (χ0n) is 12.3. The molecule has 0 aliphatic carbocycles. The SMILES string of the molecule is CC(C)C[C@](C)(NC(C)C)C(=O)C(C)(C)C. The molecule has 0 radical (unpaired) electrons. The highest BCUT2D eigenvalue weighted by molar-refractivity contribution is 5.92. The molecule has 0 saturated carbocycles. The first-order valence-corrected chi connectivity index (χ1v) is 6.31. The van der Waals surface area contributed by atoms with Crippen LogP contribution in [-0.4, -0.2) is 17.4 Å². The molecule has 2 heteroatoms. The number of hydrogen-bond acceptors (Lipinski definition) is 2. The van der Waals surface area contributed by atoms with Gasteiger partial charge in [-0.05, 0) is 33.1 Å². The van der Waals surface area contributed by atoms with Crippen molar-refractivity contribution in [1.82, 2.24) is 5.32 Å². The Bertz CT molecular complexity index is 226. The molecule has 0 bridgehead atoms. The highest BCUT2D eigenvalue weighted by Crippen LogP contribution is 2.28. The van der Waals surface area contributed by atoms with E-state index in [4.69, 9.17) is 0 Å². The van der Waals surface area contributed by atoms with Gasteiger partial charge >= 0.3 is 0 Å². The fraction of sp³-hybridized carbons (Fsp3) is 0.929. The van der Waals surface area contributed by atoms with Crippen LogP contribution >= 0.6 is 0 Å². The summed E-state index contributed by atoms with van der Waals surface area (Å²) in [7, 11) is 0. The predicted molar refractivity (Wildman–Crippen MR) is 70.6 cm³/mol. The monoisotopic (exact) mass is 227 g/mol. The average molecular weight is 227 g/mol. The van der Waals surface area contributed by atoms with E-state index in [1.165, 1.54) is 0 Å². The van der Waals surface area contributed by atoms with Crippen molar-refractivity contribution in [3.8, 4) is 0 Å². The molecular weight excluding hydrogens is 198 g/mol. The van der Waals surface area contributed by atoms with E-state index in [0.717, 1.165) is 6.42 Å². The number of rotatable bonds is 5. The van der Waals surface area contributed by atoms with E-state index < -0.39 is 5.54 Å². The van der Waals surface area contributed by atoms with Crippen molar-refractivity contribution in [3.05, 3.63) is 0 Å². The van der Waals surface area contributed by atoms with Crippen molar-refractivity contribution in [2.45, 2.75) is 73.4 Å². The van der Waals surface area contributed by atoms with Crippen molar-refractivity contribution in [2.24, 2.45) is 11.3 Å². The molecule has 0 spiro atoms. The Kier molecular flexibility index (Phi) is 5.18. The van der Waals surface area contributed by atoms with Gasteiger partial charge in [0.25, 0.3) is 0 Å². The zero-order valence-corrected chi connectivity index (χ0v) is 12.3. The molecule has 16 heavy (non-hydrogen) atoms.